The van der Waals surface area contributed by atoms with E-state index in [1.54, 1.807) is 0 Å². The topological polar surface area (TPSA) is 67.0 Å². The van der Waals surface area contributed by atoms with Gasteiger partial charge in [-0.2, -0.15) is 5.26 Å². The number of carbonyl (C=O) groups excluding carboxylic acids is 1. The van der Waals surface area contributed by atoms with Gasteiger partial charge in [-0.15, -0.1) is 11.8 Å². The maximum Gasteiger partial charge on any atom is 0.235 e. The van der Waals surface area contributed by atoms with Gasteiger partial charge in [0.1, 0.15) is 11.9 Å². The summed E-state index contributed by atoms with van der Waals surface area (Å²) in [6.07, 6.45) is 10.5. The maximum absolute atomic E-state index is 13.0. The van der Waals surface area contributed by atoms with Gasteiger partial charge in [0.2, 0.25) is 5.91 Å². The molecule has 0 unspecified atom stereocenters. The van der Waals surface area contributed by atoms with Crippen molar-refractivity contribution in [2.24, 2.45) is 17.8 Å². The summed E-state index contributed by atoms with van der Waals surface area (Å²) in [4.78, 5) is 13.0. The van der Waals surface area contributed by atoms with Crippen LogP contribution in [0.5, 0.6) is 0 Å². The summed E-state index contributed by atoms with van der Waals surface area (Å²) in [6, 6.07) is 2.32. The van der Waals surface area contributed by atoms with Gasteiger partial charge < -0.3 is 14.6 Å². The number of thioether (sulfide) groups is 1. The predicted molar refractivity (Wildman–Crippen MR) is 120 cm³/mol. The normalized spacial score (nSPS) is 34.3. The first kappa shape index (κ1) is 20.5. The van der Waals surface area contributed by atoms with Crippen molar-refractivity contribution >= 4 is 23.5 Å². The molecule has 5 aliphatic rings. The fourth-order valence-corrected chi connectivity index (χ4v) is 8.52. The quantitative estimate of drug-likeness (QED) is 0.708. The molecule has 1 saturated heterocycles. The summed E-state index contributed by atoms with van der Waals surface area (Å²) in [5, 5.41) is 12.9. The van der Waals surface area contributed by atoms with Crippen LogP contribution in [0.1, 0.15) is 68.2 Å². The zero-order valence-electron chi connectivity index (χ0n) is 18.2. The Hall–Kier alpha value is -1.45. The van der Waals surface area contributed by atoms with E-state index in [9.17, 15) is 10.1 Å². The first-order valence-electron chi connectivity index (χ1n) is 11.6. The van der Waals surface area contributed by atoms with Crippen molar-refractivity contribution < 1.29 is 9.53 Å². The van der Waals surface area contributed by atoms with Crippen molar-refractivity contribution in [2.45, 2.75) is 82.6 Å². The molecule has 6 rings (SSSR count). The van der Waals surface area contributed by atoms with Crippen LogP contribution < -0.4 is 5.32 Å². The number of carbonyl (C=O) groups is 1. The van der Waals surface area contributed by atoms with Gasteiger partial charge in [-0.05, 0) is 88.5 Å². The number of rotatable bonds is 6. The molecule has 1 aromatic heterocycles. The molecule has 4 aliphatic carbocycles. The van der Waals surface area contributed by atoms with Crippen LogP contribution in [0.3, 0.4) is 0 Å². The Labute approximate surface area is 183 Å². The van der Waals surface area contributed by atoms with Gasteiger partial charge in [0.05, 0.1) is 24.0 Å². The Morgan fingerprint density at radius 3 is 2.47 bits per heavy atom. The number of hydrogen-bond acceptors (Lipinski definition) is 4. The van der Waals surface area contributed by atoms with Gasteiger partial charge in [-0.3, -0.25) is 4.79 Å². The molecular weight excluding hydrogens is 394 g/mol. The summed E-state index contributed by atoms with van der Waals surface area (Å²) in [6.45, 7) is 5.51. The van der Waals surface area contributed by atoms with Gasteiger partial charge >= 0.3 is 0 Å². The molecule has 162 valence electrons. The van der Waals surface area contributed by atoms with Crippen LogP contribution in [0.15, 0.2) is 0 Å². The number of aromatic nitrogens is 1. The van der Waals surface area contributed by atoms with Crippen LogP contribution in [-0.4, -0.2) is 33.7 Å². The number of amides is 1. The standard InChI is InChI=1S/C24H33N3O2S/c1-15-16(2)27(13-20-4-3-5-29-20)23(21(15)12-25)26-22(28)14-30-24-9-17-6-18(10-24)8-19(7-17)11-24/h17-20H,3-11,13-14H2,1-2H3,(H,26,28)/t17?,18?,19?,20-,24?/m0/s1. The maximum atomic E-state index is 13.0. The summed E-state index contributed by atoms with van der Waals surface area (Å²) in [7, 11) is 0. The number of hydrogen-bond donors (Lipinski definition) is 1. The van der Waals surface area contributed by atoms with E-state index in [1.165, 1.54) is 38.5 Å². The van der Waals surface area contributed by atoms with Crippen molar-refractivity contribution in [3.8, 4) is 6.07 Å². The summed E-state index contributed by atoms with van der Waals surface area (Å²) < 4.78 is 8.24. The van der Waals surface area contributed by atoms with Crippen molar-refractivity contribution in [1.29, 1.82) is 5.26 Å². The van der Waals surface area contributed by atoms with E-state index >= 15 is 0 Å². The summed E-state index contributed by atoms with van der Waals surface area (Å²) >= 11 is 1.90. The average Bonchev–Trinajstić information content (AvgIpc) is 3.29. The minimum absolute atomic E-state index is 0.0262. The molecule has 1 amide bonds. The molecule has 30 heavy (non-hydrogen) atoms. The third kappa shape index (κ3) is 3.69. The second-order valence-corrected chi connectivity index (χ2v) is 11.7. The number of ether oxygens (including phenoxy) is 1. The van der Waals surface area contributed by atoms with Crippen LogP contribution in [-0.2, 0) is 16.1 Å². The Morgan fingerprint density at radius 1 is 1.23 bits per heavy atom. The van der Waals surface area contributed by atoms with E-state index in [1.807, 2.05) is 25.6 Å². The van der Waals surface area contributed by atoms with Gasteiger partial charge in [-0.1, -0.05) is 0 Å². The molecule has 1 aromatic rings. The SMILES string of the molecule is Cc1c(C#N)c(NC(=O)CSC23CC4CC(CC(C4)C2)C3)n(C[C@@H]2CCCO2)c1C. The smallest absolute Gasteiger partial charge is 0.235 e. The van der Waals surface area contributed by atoms with E-state index in [2.05, 4.69) is 16.0 Å². The highest BCUT2D eigenvalue weighted by molar-refractivity contribution is 8.01. The first-order valence-corrected chi connectivity index (χ1v) is 12.6. The minimum Gasteiger partial charge on any atom is -0.376 e. The predicted octanol–water partition coefficient (Wildman–Crippen LogP) is 4.80. The lowest BCUT2D eigenvalue weighted by Gasteiger charge is -2.56. The second kappa shape index (κ2) is 7.91. The fourth-order valence-electron chi connectivity index (χ4n) is 6.95. The molecule has 1 atom stereocenters. The van der Waals surface area contributed by atoms with Crippen LogP contribution >= 0.6 is 11.8 Å². The number of anilines is 1. The lowest BCUT2D eigenvalue weighted by molar-refractivity contribution is -0.113. The summed E-state index contributed by atoms with van der Waals surface area (Å²) in [5.41, 5.74) is 2.60. The van der Waals surface area contributed by atoms with E-state index in [0.717, 1.165) is 48.5 Å². The molecule has 0 radical (unpaired) electrons. The van der Waals surface area contributed by atoms with Crippen LogP contribution in [0, 0.1) is 42.9 Å². The van der Waals surface area contributed by atoms with Crippen molar-refractivity contribution in [1.82, 2.24) is 4.57 Å². The zero-order chi connectivity index (χ0) is 20.9. The first-order chi connectivity index (χ1) is 14.5. The molecule has 4 bridgehead atoms. The Morgan fingerprint density at radius 2 is 1.90 bits per heavy atom. The molecule has 6 heteroatoms. The van der Waals surface area contributed by atoms with E-state index in [4.69, 9.17) is 4.74 Å². The van der Waals surface area contributed by atoms with Gasteiger partial charge in [0, 0.05) is 17.0 Å². The number of nitrogens with zero attached hydrogens (tertiary/aromatic N) is 2. The average molecular weight is 428 g/mol. The monoisotopic (exact) mass is 427 g/mol. The van der Waals surface area contributed by atoms with E-state index in [-0.39, 0.29) is 12.0 Å². The highest BCUT2D eigenvalue weighted by Crippen LogP contribution is 2.60. The Balaban J connectivity index is 1.28. The molecule has 5 nitrogen and oxygen atoms in total. The molecule has 1 N–H and O–H groups in total. The molecule has 1 aliphatic heterocycles. The molecule has 4 saturated carbocycles. The number of nitriles is 1. The van der Waals surface area contributed by atoms with Crippen molar-refractivity contribution in [3.63, 3.8) is 0 Å². The lowest BCUT2D eigenvalue weighted by atomic mass is 9.56. The molecule has 0 aromatic carbocycles. The number of nitrogens with one attached hydrogen (secondary N) is 1. The van der Waals surface area contributed by atoms with Gasteiger partial charge in [0.15, 0.2) is 0 Å². The zero-order valence-corrected chi connectivity index (χ0v) is 19.0. The molecule has 2 heterocycles. The van der Waals surface area contributed by atoms with Gasteiger partial charge in [0.25, 0.3) is 0 Å². The molecule has 5 fully saturated rings. The third-order valence-electron chi connectivity index (χ3n) is 8.10. The molecular formula is C24H33N3O2S. The second-order valence-electron chi connectivity index (χ2n) is 10.2. The van der Waals surface area contributed by atoms with E-state index < -0.39 is 0 Å². The Bertz CT molecular complexity index is 843. The highest BCUT2D eigenvalue weighted by Gasteiger charge is 2.51. The third-order valence-corrected chi connectivity index (χ3v) is 9.62. The molecule has 0 spiro atoms. The van der Waals surface area contributed by atoms with Crippen LogP contribution in [0.2, 0.25) is 0 Å². The van der Waals surface area contributed by atoms with Crippen molar-refractivity contribution in [3.05, 3.63) is 16.8 Å². The van der Waals surface area contributed by atoms with Crippen LogP contribution in [0.25, 0.3) is 0 Å². The Kier molecular flexibility index (Phi) is 5.39. The minimum atomic E-state index is 0.0262. The van der Waals surface area contributed by atoms with Crippen LogP contribution in [0.4, 0.5) is 5.82 Å². The largest absolute Gasteiger partial charge is 0.376 e. The van der Waals surface area contributed by atoms with Gasteiger partial charge in [-0.25, -0.2) is 0 Å². The highest BCUT2D eigenvalue weighted by atomic mass is 32.2. The van der Waals surface area contributed by atoms with E-state index in [0.29, 0.717) is 28.4 Å². The summed E-state index contributed by atoms with van der Waals surface area (Å²) in [5.74, 6) is 3.86. The fraction of sp³-hybridized carbons (Fsp3) is 0.750. The van der Waals surface area contributed by atoms with Crippen molar-refractivity contribution in [2.75, 3.05) is 17.7 Å². The lowest BCUT2D eigenvalue weighted by Crippen LogP contribution is -2.49.